The van der Waals surface area contributed by atoms with Crippen molar-refractivity contribution in [3.8, 4) is 11.8 Å². The Bertz CT molecular complexity index is 399. The average molecular weight is 236 g/mol. The Morgan fingerprint density at radius 3 is 2.82 bits per heavy atom. The molecule has 1 rings (SSSR count). The Morgan fingerprint density at radius 2 is 2.24 bits per heavy atom. The SMILES string of the molecule is CC(C)NCCCOc1ccc(C#N)c(F)c1. The van der Waals surface area contributed by atoms with Crippen LogP contribution in [0, 0.1) is 17.1 Å². The standard InChI is InChI=1S/C13H17FN2O/c1-10(2)16-6-3-7-17-12-5-4-11(9-15)13(14)8-12/h4-5,8,10,16H,3,6-7H2,1-2H3. The predicted octanol–water partition coefficient (Wildman–Crippen LogP) is 2.46. The minimum absolute atomic E-state index is 0.0406. The number of ether oxygens (including phenoxy) is 1. The van der Waals surface area contributed by atoms with Crippen LogP contribution in [0.3, 0.4) is 0 Å². The fourth-order valence-electron chi connectivity index (χ4n) is 1.33. The normalized spacial score (nSPS) is 10.3. The van der Waals surface area contributed by atoms with Crippen LogP contribution in [0.2, 0.25) is 0 Å². The van der Waals surface area contributed by atoms with E-state index in [0.29, 0.717) is 18.4 Å². The van der Waals surface area contributed by atoms with Gasteiger partial charge in [0.25, 0.3) is 0 Å². The van der Waals surface area contributed by atoms with Gasteiger partial charge in [-0.25, -0.2) is 4.39 Å². The van der Waals surface area contributed by atoms with Crippen molar-refractivity contribution in [3.63, 3.8) is 0 Å². The van der Waals surface area contributed by atoms with Gasteiger partial charge in [-0.2, -0.15) is 5.26 Å². The van der Waals surface area contributed by atoms with E-state index in [1.807, 2.05) is 0 Å². The molecule has 0 fully saturated rings. The average Bonchev–Trinajstić information content (AvgIpc) is 2.28. The fourth-order valence-corrected chi connectivity index (χ4v) is 1.33. The van der Waals surface area contributed by atoms with E-state index < -0.39 is 5.82 Å². The molecule has 92 valence electrons. The maximum atomic E-state index is 13.2. The summed E-state index contributed by atoms with van der Waals surface area (Å²) in [5.41, 5.74) is 0.0406. The van der Waals surface area contributed by atoms with Crippen molar-refractivity contribution in [1.82, 2.24) is 5.32 Å². The highest BCUT2D eigenvalue weighted by Gasteiger charge is 2.03. The monoisotopic (exact) mass is 236 g/mol. The molecule has 1 aromatic rings. The molecule has 17 heavy (non-hydrogen) atoms. The van der Waals surface area contributed by atoms with Crippen molar-refractivity contribution in [2.75, 3.05) is 13.2 Å². The molecule has 0 aliphatic rings. The van der Waals surface area contributed by atoms with E-state index in [2.05, 4.69) is 19.2 Å². The first kappa shape index (κ1) is 13.5. The smallest absolute Gasteiger partial charge is 0.144 e. The summed E-state index contributed by atoms with van der Waals surface area (Å²) in [4.78, 5) is 0. The van der Waals surface area contributed by atoms with Crippen molar-refractivity contribution in [1.29, 1.82) is 5.26 Å². The molecule has 0 aromatic heterocycles. The molecule has 0 aliphatic carbocycles. The van der Waals surface area contributed by atoms with Crippen molar-refractivity contribution in [2.24, 2.45) is 0 Å². The first-order chi connectivity index (χ1) is 8.13. The van der Waals surface area contributed by atoms with Crippen LogP contribution < -0.4 is 10.1 Å². The molecule has 1 N–H and O–H groups in total. The lowest BCUT2D eigenvalue weighted by Gasteiger charge is -2.09. The second kappa shape index (κ2) is 6.87. The van der Waals surface area contributed by atoms with Crippen LogP contribution in [-0.4, -0.2) is 19.2 Å². The third kappa shape index (κ3) is 4.83. The van der Waals surface area contributed by atoms with Gasteiger partial charge >= 0.3 is 0 Å². The molecule has 0 saturated heterocycles. The van der Waals surface area contributed by atoms with Gasteiger partial charge in [-0.05, 0) is 25.1 Å². The van der Waals surface area contributed by atoms with E-state index in [1.165, 1.54) is 12.1 Å². The van der Waals surface area contributed by atoms with E-state index in [-0.39, 0.29) is 5.56 Å². The van der Waals surface area contributed by atoms with Gasteiger partial charge in [0.05, 0.1) is 12.2 Å². The molecule has 0 heterocycles. The lowest BCUT2D eigenvalue weighted by molar-refractivity contribution is 0.305. The number of nitriles is 1. The zero-order valence-electron chi connectivity index (χ0n) is 10.2. The summed E-state index contributed by atoms with van der Waals surface area (Å²) in [7, 11) is 0. The Kier molecular flexibility index (Phi) is 5.44. The molecule has 4 heteroatoms. The van der Waals surface area contributed by atoms with Gasteiger partial charge in [0.1, 0.15) is 17.6 Å². The molecule has 0 radical (unpaired) electrons. The highest BCUT2D eigenvalue weighted by Crippen LogP contribution is 2.15. The van der Waals surface area contributed by atoms with Crippen molar-refractivity contribution >= 4 is 0 Å². The van der Waals surface area contributed by atoms with Gasteiger partial charge in [-0.3, -0.25) is 0 Å². The summed E-state index contributed by atoms with van der Waals surface area (Å²) in [6.07, 6.45) is 0.861. The van der Waals surface area contributed by atoms with Gasteiger partial charge in [0.2, 0.25) is 0 Å². The van der Waals surface area contributed by atoms with Crippen molar-refractivity contribution in [3.05, 3.63) is 29.6 Å². The minimum atomic E-state index is -0.537. The fraction of sp³-hybridized carbons (Fsp3) is 0.462. The second-order valence-corrected chi connectivity index (χ2v) is 4.06. The number of hydrogen-bond donors (Lipinski definition) is 1. The number of benzene rings is 1. The summed E-state index contributed by atoms with van der Waals surface area (Å²) in [5, 5.41) is 11.8. The molecule has 0 aliphatic heterocycles. The predicted molar refractivity (Wildman–Crippen MR) is 64.4 cm³/mol. The Hall–Kier alpha value is -1.60. The van der Waals surface area contributed by atoms with Crippen LogP contribution in [0.25, 0.3) is 0 Å². The molecular weight excluding hydrogens is 219 g/mol. The summed E-state index contributed by atoms with van der Waals surface area (Å²) in [6, 6.07) is 6.51. The third-order valence-corrected chi connectivity index (χ3v) is 2.20. The van der Waals surface area contributed by atoms with E-state index in [4.69, 9.17) is 10.00 Å². The van der Waals surface area contributed by atoms with Crippen molar-refractivity contribution < 1.29 is 9.13 Å². The molecule has 0 spiro atoms. The van der Waals surface area contributed by atoms with Gasteiger partial charge in [0.15, 0.2) is 0 Å². The maximum Gasteiger partial charge on any atom is 0.144 e. The molecule has 0 bridgehead atoms. The topological polar surface area (TPSA) is 45.0 Å². The first-order valence-corrected chi connectivity index (χ1v) is 5.69. The maximum absolute atomic E-state index is 13.2. The molecule has 0 saturated carbocycles. The van der Waals surface area contributed by atoms with Gasteiger partial charge in [0, 0.05) is 12.1 Å². The molecule has 1 aromatic carbocycles. The third-order valence-electron chi connectivity index (χ3n) is 2.20. The molecular formula is C13H17FN2O. The Morgan fingerprint density at radius 1 is 1.47 bits per heavy atom. The highest BCUT2D eigenvalue weighted by molar-refractivity contribution is 5.36. The van der Waals surface area contributed by atoms with Crippen LogP contribution >= 0.6 is 0 Å². The van der Waals surface area contributed by atoms with Crippen LogP contribution in [0.4, 0.5) is 4.39 Å². The summed E-state index contributed by atoms with van der Waals surface area (Å²) < 4.78 is 18.6. The number of nitrogens with one attached hydrogen (secondary N) is 1. The summed E-state index contributed by atoms with van der Waals surface area (Å²) in [6.45, 7) is 5.56. The van der Waals surface area contributed by atoms with Gasteiger partial charge in [-0.1, -0.05) is 13.8 Å². The van der Waals surface area contributed by atoms with Gasteiger partial charge in [-0.15, -0.1) is 0 Å². The number of hydrogen-bond acceptors (Lipinski definition) is 3. The highest BCUT2D eigenvalue weighted by atomic mass is 19.1. The lowest BCUT2D eigenvalue weighted by atomic mass is 10.2. The second-order valence-electron chi connectivity index (χ2n) is 4.06. The van der Waals surface area contributed by atoms with E-state index in [9.17, 15) is 4.39 Å². The van der Waals surface area contributed by atoms with Crippen molar-refractivity contribution in [2.45, 2.75) is 26.3 Å². The zero-order valence-corrected chi connectivity index (χ0v) is 10.2. The van der Waals surface area contributed by atoms with E-state index in [1.54, 1.807) is 12.1 Å². The van der Waals surface area contributed by atoms with Crippen LogP contribution in [0.15, 0.2) is 18.2 Å². The van der Waals surface area contributed by atoms with Crippen LogP contribution in [0.1, 0.15) is 25.8 Å². The zero-order chi connectivity index (χ0) is 12.7. The number of nitrogens with zero attached hydrogens (tertiary/aromatic N) is 1. The van der Waals surface area contributed by atoms with E-state index in [0.717, 1.165) is 13.0 Å². The van der Waals surface area contributed by atoms with Gasteiger partial charge < -0.3 is 10.1 Å². The molecule has 0 unspecified atom stereocenters. The quantitative estimate of drug-likeness (QED) is 0.772. The van der Waals surface area contributed by atoms with Crippen LogP contribution in [0.5, 0.6) is 5.75 Å². The van der Waals surface area contributed by atoms with E-state index >= 15 is 0 Å². The molecule has 3 nitrogen and oxygen atoms in total. The Labute approximate surface area is 101 Å². The summed E-state index contributed by atoms with van der Waals surface area (Å²) >= 11 is 0. The first-order valence-electron chi connectivity index (χ1n) is 5.69. The summed E-state index contributed by atoms with van der Waals surface area (Å²) in [5.74, 6) is -0.0728. The number of rotatable bonds is 6. The largest absolute Gasteiger partial charge is 0.493 e. The minimum Gasteiger partial charge on any atom is -0.493 e. The molecule has 0 atom stereocenters. The molecule has 0 amide bonds. The lowest BCUT2D eigenvalue weighted by Crippen LogP contribution is -2.24. The number of halogens is 1. The van der Waals surface area contributed by atoms with Crippen LogP contribution in [-0.2, 0) is 0 Å². The Balaban J connectivity index is 2.33.